The van der Waals surface area contributed by atoms with E-state index in [2.05, 4.69) is 147 Å². The van der Waals surface area contributed by atoms with Crippen LogP contribution in [0.25, 0.3) is 20.2 Å². The van der Waals surface area contributed by atoms with Crippen LogP contribution in [0.3, 0.4) is 0 Å². The maximum Gasteiger partial charge on any atom is 0.308 e. The molecule has 18 heteroatoms. The number of ketones is 2. The molecule has 10 nitrogen and oxygen atoms in total. The van der Waals surface area contributed by atoms with Crippen LogP contribution in [-0.2, 0) is 41.4 Å². The third-order valence-electron chi connectivity index (χ3n) is 13.0. The van der Waals surface area contributed by atoms with Crippen LogP contribution in [0.2, 0.25) is 0 Å². The zero-order valence-electron chi connectivity index (χ0n) is 43.9. The summed E-state index contributed by atoms with van der Waals surface area (Å²) in [4.78, 5) is 48.9. The number of Topliss-reactive ketones (excluding diaryl/α,β-unsaturated/α-hetero) is 2. The number of ether oxygens (including phenoxy) is 6. The van der Waals surface area contributed by atoms with Crippen molar-refractivity contribution in [2.75, 3.05) is 47.0 Å². The zero-order chi connectivity index (χ0) is 55.7. The van der Waals surface area contributed by atoms with Gasteiger partial charge < -0.3 is 28.4 Å². The van der Waals surface area contributed by atoms with Gasteiger partial charge in [-0.05, 0) is 69.2 Å². The molecular weight excluding hydrogens is 1240 g/mol. The summed E-state index contributed by atoms with van der Waals surface area (Å²) in [5, 5.41) is 5.38. The maximum absolute atomic E-state index is 15.3. The Hall–Kier alpha value is -4.45. The van der Waals surface area contributed by atoms with Crippen molar-refractivity contribution in [3.05, 3.63) is 148 Å². The molecule has 2 aromatic heterocycles. The molecule has 77 heavy (non-hydrogen) atoms. The molecule has 1 fully saturated rings. The van der Waals surface area contributed by atoms with E-state index in [1.807, 2.05) is 0 Å². The number of halogens is 5. The second-order valence-corrected chi connectivity index (χ2v) is 36.1. The Morgan fingerprint density at radius 2 is 1.05 bits per heavy atom. The largest absolute Gasteiger partial charge is 0.496 e. The first-order chi connectivity index (χ1) is 37.0. The van der Waals surface area contributed by atoms with Gasteiger partial charge in [0.2, 0.25) is 0 Å². The van der Waals surface area contributed by atoms with Gasteiger partial charge in [0.25, 0.3) is 0 Å². The smallest absolute Gasteiger partial charge is 0.308 e. The van der Waals surface area contributed by atoms with E-state index in [9.17, 15) is 23.6 Å². The summed E-state index contributed by atoms with van der Waals surface area (Å²) >= 11 is 14.1. The van der Waals surface area contributed by atoms with Gasteiger partial charge in [0, 0.05) is 56.1 Å². The van der Waals surface area contributed by atoms with E-state index in [1.165, 1.54) is 67.0 Å². The van der Waals surface area contributed by atoms with Gasteiger partial charge >= 0.3 is 154 Å². The van der Waals surface area contributed by atoms with E-state index in [-0.39, 0.29) is 42.3 Å². The van der Waals surface area contributed by atoms with Gasteiger partial charge in [0.1, 0.15) is 23.1 Å². The van der Waals surface area contributed by atoms with Crippen LogP contribution in [0.15, 0.2) is 115 Å². The van der Waals surface area contributed by atoms with Gasteiger partial charge in [-0.25, -0.2) is 8.78 Å². The van der Waals surface area contributed by atoms with Crippen molar-refractivity contribution >= 4 is 133 Å². The van der Waals surface area contributed by atoms with Crippen LogP contribution in [0.1, 0.15) is 89.3 Å². The number of fused-ring (bicyclic) bond motifs is 2. The van der Waals surface area contributed by atoms with Crippen molar-refractivity contribution in [2.24, 2.45) is 11.8 Å². The first kappa shape index (κ1) is 61.8. The minimum absolute atomic E-state index is 0.0195. The fourth-order valence-corrected chi connectivity index (χ4v) is 18.4. The standard InChI is InChI=1S/C23H29FO6S.C18H15Br2P.C18H20BrFO4S/c1-14(23(26)28-3)11-17(25)20-12-16-19(31-20)13-18(27-2)15(22(16)24)7-6-10-30-21-8-4-5-9-29-21;19-21(20,16-10-4-1-5-11-16,17-12-6-2-7-13-17)18-14-8-3-9-15-18;1-10(18(22)24-3)7-13(21)16-8-12-15(25-16)9-14(23-2)11(17(12)20)5-4-6-19/h12-14,21H,4-11H2,1-3H3;1-15H;8-10H,4-7H2,1-3H3/t14-,21?;;10-/m0.0/s1. The molecular formula is C59H64Br3F2O10PS2. The number of thiophene rings is 2. The van der Waals surface area contributed by atoms with Crippen molar-refractivity contribution in [3.8, 4) is 11.5 Å². The molecule has 0 bridgehead atoms. The van der Waals surface area contributed by atoms with Gasteiger partial charge in [0.15, 0.2) is 17.9 Å². The molecule has 0 radical (unpaired) electrons. The average molecular weight is 1310 g/mol. The Labute approximate surface area is 482 Å². The Balaban J connectivity index is 0.000000191. The van der Waals surface area contributed by atoms with Crippen molar-refractivity contribution in [1.82, 2.24) is 0 Å². The SMILES string of the molecule is BrP(Br)(c1ccccc1)(c1ccccc1)c1ccccc1.COC(=O)[C@@H](C)CC(=O)c1cc2c(F)c(CCCBr)c(OC)cc2s1.COC(=O)[C@@H](C)CC(=O)c1cc2c(F)c(CCCOC3CCCCO3)c(OC)cc2s1. The van der Waals surface area contributed by atoms with Gasteiger partial charge in [-0.2, -0.15) is 0 Å². The summed E-state index contributed by atoms with van der Waals surface area (Å²) in [7, 11) is 5.60. The van der Waals surface area contributed by atoms with Crippen LogP contribution in [0.5, 0.6) is 11.5 Å². The molecule has 5 aromatic carbocycles. The number of hydrogen-bond donors (Lipinski definition) is 0. The van der Waals surface area contributed by atoms with Gasteiger partial charge in [-0.3, -0.25) is 19.2 Å². The summed E-state index contributed by atoms with van der Waals surface area (Å²) in [5.41, 5.74) is 0.997. The van der Waals surface area contributed by atoms with Crippen molar-refractivity contribution < 1.29 is 56.4 Å². The van der Waals surface area contributed by atoms with Crippen LogP contribution >= 0.6 is 73.6 Å². The molecule has 1 unspecified atom stereocenters. The quantitative estimate of drug-likeness (QED) is 0.0226. The second kappa shape index (κ2) is 29.1. The number of rotatable bonds is 21. The van der Waals surface area contributed by atoms with Gasteiger partial charge in [-0.1, -0.05) is 29.8 Å². The minimum atomic E-state index is -2.75. The Kier molecular flexibility index (Phi) is 23.4. The number of carbonyl (C=O) groups is 4. The van der Waals surface area contributed by atoms with Crippen LogP contribution < -0.4 is 25.4 Å². The van der Waals surface area contributed by atoms with E-state index < -0.39 is 27.8 Å². The average Bonchev–Trinajstić information content (AvgIpc) is 4.15. The summed E-state index contributed by atoms with van der Waals surface area (Å²) < 4.78 is 60.1. The van der Waals surface area contributed by atoms with E-state index in [1.54, 1.807) is 38.1 Å². The third kappa shape index (κ3) is 15.3. The number of hydrogen-bond acceptors (Lipinski definition) is 12. The van der Waals surface area contributed by atoms with E-state index in [0.29, 0.717) is 78.4 Å². The monoisotopic (exact) mass is 1300 g/mol. The Morgan fingerprint density at radius 3 is 1.42 bits per heavy atom. The predicted octanol–water partition coefficient (Wildman–Crippen LogP) is 14.8. The van der Waals surface area contributed by atoms with Gasteiger partial charge in [-0.15, -0.1) is 22.7 Å². The molecule has 0 aliphatic carbocycles. The van der Waals surface area contributed by atoms with E-state index in [4.69, 9.17) is 18.9 Å². The molecule has 0 saturated carbocycles. The molecule has 7 aromatic rings. The Bertz CT molecular complexity index is 2990. The normalized spacial score (nSPS) is 14.6. The first-order valence-corrected chi connectivity index (χ1v) is 34.2. The van der Waals surface area contributed by atoms with E-state index in [0.717, 1.165) is 37.6 Å². The van der Waals surface area contributed by atoms with Crippen LogP contribution in [0, 0.1) is 23.5 Å². The van der Waals surface area contributed by atoms with Crippen molar-refractivity contribution in [2.45, 2.75) is 77.9 Å². The maximum atomic E-state index is 15.3. The molecule has 1 aliphatic heterocycles. The minimum Gasteiger partial charge on any atom is -0.496 e. The zero-order valence-corrected chi connectivity index (χ0v) is 51.2. The first-order valence-electron chi connectivity index (χ1n) is 25.2. The van der Waals surface area contributed by atoms with Crippen molar-refractivity contribution in [1.29, 1.82) is 0 Å². The molecule has 8 rings (SSSR count). The Morgan fingerprint density at radius 1 is 0.636 bits per heavy atom. The summed E-state index contributed by atoms with van der Waals surface area (Å²) in [6.45, 7) is 4.48. The predicted molar refractivity (Wildman–Crippen MR) is 320 cm³/mol. The number of methoxy groups -OCH3 is 4. The molecule has 1 aliphatic rings. The fourth-order valence-electron chi connectivity index (χ4n) is 8.82. The summed E-state index contributed by atoms with van der Waals surface area (Å²) in [5.74, 6) is -2.12. The summed E-state index contributed by atoms with van der Waals surface area (Å²) in [6, 6.07) is 38.5. The van der Waals surface area contributed by atoms with Gasteiger partial charge in [0.05, 0.1) is 56.6 Å². The van der Waals surface area contributed by atoms with Crippen molar-refractivity contribution in [3.63, 3.8) is 0 Å². The molecule has 3 atom stereocenters. The fraction of sp³-hybridized carbons (Fsp3) is 0.356. The number of benzene rings is 5. The topological polar surface area (TPSA) is 124 Å². The third-order valence-corrected chi connectivity index (χ3v) is 26.8. The molecule has 3 heterocycles. The number of carbonyl (C=O) groups excluding carboxylic acids is 4. The van der Waals surface area contributed by atoms with Crippen LogP contribution in [0.4, 0.5) is 8.78 Å². The molecule has 0 amide bonds. The molecule has 0 spiro atoms. The van der Waals surface area contributed by atoms with Crippen LogP contribution in [-0.4, -0.2) is 76.8 Å². The number of alkyl halides is 1. The summed E-state index contributed by atoms with van der Waals surface area (Å²) in [6.07, 6.45) is 5.36. The molecule has 0 N–H and O–H groups in total. The molecule has 1 saturated heterocycles. The van der Waals surface area contributed by atoms with E-state index >= 15 is 4.39 Å². The second-order valence-electron chi connectivity index (χ2n) is 18.4. The molecule has 412 valence electrons. The number of esters is 2.